The van der Waals surface area contributed by atoms with Crippen molar-refractivity contribution in [2.75, 3.05) is 13.7 Å². The lowest BCUT2D eigenvalue weighted by atomic mass is 10.3. The van der Waals surface area contributed by atoms with E-state index in [9.17, 15) is 4.39 Å². The fraction of sp³-hybridized carbons (Fsp3) is 0.556. The molecular weight excluding hydrogens is 207 g/mol. The molecule has 0 saturated heterocycles. The normalized spacial score (nSPS) is 10.6. The first kappa shape index (κ1) is 11.3. The molecule has 1 aromatic rings. The molecule has 0 fully saturated rings. The monoisotopic (exact) mass is 218 g/mol. The first-order valence-electron chi connectivity index (χ1n) is 4.32. The van der Waals surface area contributed by atoms with Gasteiger partial charge in [0.2, 0.25) is 0 Å². The number of hydrogen-bond donors (Lipinski definition) is 0. The van der Waals surface area contributed by atoms with Crippen molar-refractivity contribution in [1.29, 1.82) is 0 Å². The summed E-state index contributed by atoms with van der Waals surface area (Å²) in [5.74, 6) is 0.0214. The van der Waals surface area contributed by atoms with E-state index in [1.165, 1.54) is 0 Å². The molecule has 0 N–H and O–H groups in total. The molecule has 0 unspecified atom stereocenters. The van der Waals surface area contributed by atoms with Crippen LogP contribution in [0.15, 0.2) is 0 Å². The molecule has 3 nitrogen and oxygen atoms in total. The van der Waals surface area contributed by atoms with Gasteiger partial charge >= 0.3 is 0 Å². The highest BCUT2D eigenvalue weighted by Gasteiger charge is 2.08. The quantitative estimate of drug-likeness (QED) is 0.574. The molecule has 5 heteroatoms. The Morgan fingerprint density at radius 3 is 2.71 bits per heavy atom. The number of aryl methyl sites for hydroxylation is 2. The molecule has 0 radical (unpaired) electrons. The summed E-state index contributed by atoms with van der Waals surface area (Å²) in [6, 6.07) is 0. The molecule has 1 aromatic heterocycles. The molecule has 0 aliphatic heterocycles. The number of rotatable bonds is 4. The van der Waals surface area contributed by atoms with Crippen LogP contribution in [0.2, 0.25) is 5.15 Å². The van der Waals surface area contributed by atoms with Gasteiger partial charge in [0, 0.05) is 20.1 Å². The van der Waals surface area contributed by atoms with Crippen LogP contribution in [0.4, 0.5) is 4.39 Å². The molecule has 78 valence electrons. The molecule has 0 aliphatic rings. The van der Waals surface area contributed by atoms with E-state index in [-0.39, 0.29) is 10.8 Å². The number of hydrogen-bond acceptors (Lipinski definition) is 3. The Bertz CT molecular complexity index is 297. The molecule has 0 aliphatic carbocycles. The minimum absolute atomic E-state index is 0.107. The van der Waals surface area contributed by atoms with Gasteiger partial charge in [-0.2, -0.15) is 0 Å². The molecule has 0 atom stereocenters. The Hall–Kier alpha value is -0.740. The van der Waals surface area contributed by atoms with Gasteiger partial charge in [-0.25, -0.2) is 14.4 Å². The van der Waals surface area contributed by atoms with E-state index in [1.807, 2.05) is 0 Å². The number of nitrogens with zero attached hydrogens (tertiary/aromatic N) is 2. The molecule has 0 spiro atoms. The summed E-state index contributed by atoms with van der Waals surface area (Å²) in [7, 11) is 1.63. The summed E-state index contributed by atoms with van der Waals surface area (Å²) in [6.45, 7) is 2.21. The van der Waals surface area contributed by atoms with Gasteiger partial charge < -0.3 is 4.74 Å². The highest BCUT2D eigenvalue weighted by Crippen LogP contribution is 2.14. The highest BCUT2D eigenvalue weighted by atomic mass is 35.5. The zero-order valence-electron chi connectivity index (χ0n) is 8.18. The molecule has 0 aromatic carbocycles. The van der Waals surface area contributed by atoms with Gasteiger partial charge in [-0.15, -0.1) is 0 Å². The summed E-state index contributed by atoms with van der Waals surface area (Å²) in [4.78, 5) is 7.81. The van der Waals surface area contributed by atoms with Gasteiger partial charge in [0.1, 0.15) is 5.82 Å². The average molecular weight is 219 g/mol. The molecule has 14 heavy (non-hydrogen) atoms. The minimum atomic E-state index is -0.540. The molecular formula is C9H12ClFN2O. The van der Waals surface area contributed by atoms with Crippen molar-refractivity contribution in [2.24, 2.45) is 0 Å². The van der Waals surface area contributed by atoms with Gasteiger partial charge in [-0.1, -0.05) is 11.6 Å². The van der Waals surface area contributed by atoms with E-state index in [0.717, 1.165) is 6.42 Å². The largest absolute Gasteiger partial charge is 0.385 e. The van der Waals surface area contributed by atoms with Crippen LogP contribution in [0.5, 0.6) is 0 Å². The third-order valence-corrected chi connectivity index (χ3v) is 2.02. The third-order valence-electron chi connectivity index (χ3n) is 1.77. The highest BCUT2D eigenvalue weighted by molar-refractivity contribution is 6.29. The lowest BCUT2D eigenvalue weighted by molar-refractivity contribution is 0.194. The first-order valence-corrected chi connectivity index (χ1v) is 4.70. The van der Waals surface area contributed by atoms with E-state index < -0.39 is 5.82 Å². The van der Waals surface area contributed by atoms with E-state index in [0.29, 0.717) is 18.9 Å². The predicted molar refractivity (Wildman–Crippen MR) is 51.9 cm³/mol. The van der Waals surface area contributed by atoms with Crippen LogP contribution in [0.25, 0.3) is 0 Å². The van der Waals surface area contributed by atoms with Crippen LogP contribution < -0.4 is 0 Å². The van der Waals surface area contributed by atoms with Crippen LogP contribution in [0.3, 0.4) is 0 Å². The zero-order valence-corrected chi connectivity index (χ0v) is 8.94. The van der Waals surface area contributed by atoms with Gasteiger partial charge in [0.25, 0.3) is 0 Å². The van der Waals surface area contributed by atoms with Crippen LogP contribution in [0, 0.1) is 12.7 Å². The SMILES string of the molecule is COCCCc1nc(C)c(F)c(Cl)n1. The average Bonchev–Trinajstić information content (AvgIpc) is 2.14. The van der Waals surface area contributed by atoms with Crippen LogP contribution >= 0.6 is 11.6 Å². The Morgan fingerprint density at radius 1 is 1.43 bits per heavy atom. The zero-order chi connectivity index (χ0) is 10.6. The smallest absolute Gasteiger partial charge is 0.181 e. The Balaban J connectivity index is 2.69. The van der Waals surface area contributed by atoms with Crippen molar-refractivity contribution < 1.29 is 9.13 Å². The molecule has 0 bridgehead atoms. The summed E-state index contributed by atoms with van der Waals surface area (Å²) >= 11 is 5.57. The van der Waals surface area contributed by atoms with E-state index in [4.69, 9.17) is 16.3 Å². The van der Waals surface area contributed by atoms with Crippen LogP contribution in [-0.2, 0) is 11.2 Å². The van der Waals surface area contributed by atoms with Crippen molar-refractivity contribution in [3.8, 4) is 0 Å². The Kier molecular flexibility index (Phi) is 4.22. The fourth-order valence-electron chi connectivity index (χ4n) is 1.07. The summed E-state index contributed by atoms with van der Waals surface area (Å²) in [6.07, 6.45) is 1.45. The van der Waals surface area contributed by atoms with Crippen molar-refractivity contribution in [3.05, 3.63) is 22.5 Å². The second kappa shape index (κ2) is 5.22. The fourth-order valence-corrected chi connectivity index (χ4v) is 1.30. The van der Waals surface area contributed by atoms with E-state index in [2.05, 4.69) is 9.97 Å². The van der Waals surface area contributed by atoms with Crippen LogP contribution in [0.1, 0.15) is 17.9 Å². The van der Waals surface area contributed by atoms with Crippen molar-refractivity contribution in [3.63, 3.8) is 0 Å². The lowest BCUT2D eigenvalue weighted by Crippen LogP contribution is -2.02. The molecule has 1 heterocycles. The standard InChI is InChI=1S/C9H12ClFN2O/c1-6-8(11)9(10)13-7(12-6)4-3-5-14-2/h3-5H2,1-2H3. The van der Waals surface area contributed by atoms with Gasteiger partial charge in [0.15, 0.2) is 11.0 Å². The van der Waals surface area contributed by atoms with Crippen molar-refractivity contribution in [2.45, 2.75) is 19.8 Å². The second-order valence-corrected chi connectivity index (χ2v) is 3.28. The summed E-state index contributed by atoms with van der Waals surface area (Å²) in [5, 5.41) is -0.107. The molecule has 0 amide bonds. The minimum Gasteiger partial charge on any atom is -0.385 e. The number of methoxy groups -OCH3 is 1. The summed E-state index contributed by atoms with van der Waals surface area (Å²) < 4.78 is 17.9. The first-order chi connectivity index (χ1) is 6.65. The third kappa shape index (κ3) is 2.89. The number of ether oxygens (including phenoxy) is 1. The summed E-state index contributed by atoms with van der Waals surface area (Å²) in [5.41, 5.74) is 0.289. The second-order valence-electron chi connectivity index (χ2n) is 2.93. The van der Waals surface area contributed by atoms with Gasteiger partial charge in [0.05, 0.1) is 5.69 Å². The lowest BCUT2D eigenvalue weighted by Gasteiger charge is -2.03. The van der Waals surface area contributed by atoms with E-state index >= 15 is 0 Å². The van der Waals surface area contributed by atoms with Crippen LogP contribution in [-0.4, -0.2) is 23.7 Å². The van der Waals surface area contributed by atoms with Crippen molar-refractivity contribution in [1.82, 2.24) is 9.97 Å². The van der Waals surface area contributed by atoms with Gasteiger partial charge in [-0.05, 0) is 13.3 Å². The predicted octanol–water partition coefficient (Wildman–Crippen LogP) is 2.16. The molecule has 0 saturated carbocycles. The number of aromatic nitrogens is 2. The maximum atomic E-state index is 13.0. The topological polar surface area (TPSA) is 35.0 Å². The number of halogens is 2. The maximum absolute atomic E-state index is 13.0. The molecule has 1 rings (SSSR count). The van der Waals surface area contributed by atoms with Gasteiger partial charge in [-0.3, -0.25) is 0 Å². The van der Waals surface area contributed by atoms with E-state index in [1.54, 1.807) is 14.0 Å². The van der Waals surface area contributed by atoms with Crippen molar-refractivity contribution >= 4 is 11.6 Å². The maximum Gasteiger partial charge on any atom is 0.181 e. The Morgan fingerprint density at radius 2 is 2.14 bits per heavy atom. The Labute approximate surface area is 87.3 Å².